The fraction of sp³-hybridized carbons (Fsp3) is 0.182. The van der Waals surface area contributed by atoms with Gasteiger partial charge < -0.3 is 0 Å². The Hall–Kier alpha value is -1.22. The first-order chi connectivity index (χ1) is 8.88. The van der Waals surface area contributed by atoms with Crippen LogP contribution < -0.4 is 10.3 Å². The molecule has 0 bridgehead atoms. The first-order valence-electron chi connectivity index (χ1n) is 5.33. The Kier molecular flexibility index (Phi) is 4.04. The number of carbonyl (C=O) groups excluding carboxylic acids is 1. The number of thiophene rings is 2. The number of rotatable bonds is 4. The number of hydrazine groups is 1. The molecule has 0 fully saturated rings. The lowest BCUT2D eigenvalue weighted by Gasteiger charge is -2.05. The van der Waals surface area contributed by atoms with Crippen molar-refractivity contribution < 1.29 is 13.2 Å². The van der Waals surface area contributed by atoms with Gasteiger partial charge >= 0.3 is 0 Å². The summed E-state index contributed by atoms with van der Waals surface area (Å²) >= 11 is 2.45. The number of carbonyl (C=O) groups is 1. The van der Waals surface area contributed by atoms with Gasteiger partial charge in [0, 0.05) is 9.75 Å². The third-order valence-corrected chi connectivity index (χ3v) is 5.98. The van der Waals surface area contributed by atoms with Gasteiger partial charge in [-0.1, -0.05) is 0 Å². The molecule has 1 amide bonds. The lowest BCUT2D eigenvalue weighted by Crippen LogP contribution is -2.40. The molecule has 8 heteroatoms. The molecule has 0 spiro atoms. The van der Waals surface area contributed by atoms with Gasteiger partial charge in [0.25, 0.3) is 15.9 Å². The van der Waals surface area contributed by atoms with E-state index in [1.165, 1.54) is 17.4 Å². The Morgan fingerprint density at radius 3 is 2.21 bits per heavy atom. The van der Waals surface area contributed by atoms with Crippen LogP contribution >= 0.6 is 22.7 Å². The summed E-state index contributed by atoms with van der Waals surface area (Å²) in [5.74, 6) is -0.463. The number of sulfonamides is 1. The average Bonchev–Trinajstić information content (AvgIpc) is 2.95. The molecule has 0 aliphatic rings. The van der Waals surface area contributed by atoms with E-state index >= 15 is 0 Å². The normalized spacial score (nSPS) is 11.5. The molecule has 0 saturated carbocycles. The maximum atomic E-state index is 11.9. The van der Waals surface area contributed by atoms with E-state index < -0.39 is 15.9 Å². The highest BCUT2D eigenvalue weighted by Crippen LogP contribution is 2.20. The van der Waals surface area contributed by atoms with Gasteiger partial charge in [-0.15, -0.1) is 27.5 Å². The van der Waals surface area contributed by atoms with E-state index in [-0.39, 0.29) is 4.21 Å². The van der Waals surface area contributed by atoms with Crippen LogP contribution in [-0.4, -0.2) is 14.3 Å². The molecule has 0 aliphatic heterocycles. The first kappa shape index (κ1) is 14.2. The van der Waals surface area contributed by atoms with Crippen molar-refractivity contribution in [1.82, 2.24) is 10.3 Å². The maximum absolute atomic E-state index is 11.9. The third kappa shape index (κ3) is 3.41. The number of amides is 1. The SMILES string of the molecule is Cc1ccc(C(=O)NNS(=O)(=O)c2ccc(C)s2)s1. The fourth-order valence-electron chi connectivity index (χ4n) is 1.34. The molecule has 2 heterocycles. The van der Waals surface area contributed by atoms with E-state index in [0.717, 1.165) is 21.1 Å². The van der Waals surface area contributed by atoms with Gasteiger partial charge in [-0.3, -0.25) is 10.2 Å². The second-order valence-electron chi connectivity index (χ2n) is 3.84. The van der Waals surface area contributed by atoms with Gasteiger partial charge in [0.15, 0.2) is 0 Å². The maximum Gasteiger partial charge on any atom is 0.276 e. The molecule has 2 rings (SSSR count). The van der Waals surface area contributed by atoms with Crippen LogP contribution in [0.25, 0.3) is 0 Å². The number of hydrogen-bond acceptors (Lipinski definition) is 5. The zero-order valence-electron chi connectivity index (χ0n) is 10.3. The van der Waals surface area contributed by atoms with Crippen molar-refractivity contribution in [3.05, 3.63) is 38.9 Å². The zero-order valence-corrected chi connectivity index (χ0v) is 12.7. The fourth-order valence-corrected chi connectivity index (χ4v) is 4.22. The summed E-state index contributed by atoms with van der Waals surface area (Å²) in [5, 5.41) is 0. The van der Waals surface area contributed by atoms with Crippen LogP contribution in [0.3, 0.4) is 0 Å². The highest BCUT2D eigenvalue weighted by Gasteiger charge is 2.17. The van der Waals surface area contributed by atoms with Crippen LogP contribution in [0, 0.1) is 13.8 Å². The summed E-state index contributed by atoms with van der Waals surface area (Å²) in [6.07, 6.45) is 0. The number of hydrogen-bond donors (Lipinski definition) is 2. The minimum atomic E-state index is -3.69. The van der Waals surface area contributed by atoms with Gasteiger partial charge in [-0.05, 0) is 38.1 Å². The average molecular weight is 316 g/mol. The Balaban J connectivity index is 2.04. The largest absolute Gasteiger partial charge is 0.276 e. The Morgan fingerprint density at radius 2 is 1.68 bits per heavy atom. The van der Waals surface area contributed by atoms with Gasteiger partial charge in [0.2, 0.25) is 0 Å². The Labute approximate surface area is 119 Å². The second-order valence-corrected chi connectivity index (χ2v) is 8.32. The van der Waals surface area contributed by atoms with Crippen LogP contribution in [0.15, 0.2) is 28.5 Å². The quantitative estimate of drug-likeness (QED) is 0.848. The van der Waals surface area contributed by atoms with E-state index in [1.54, 1.807) is 18.2 Å². The van der Waals surface area contributed by atoms with Crippen LogP contribution in [0.4, 0.5) is 0 Å². The molecule has 19 heavy (non-hydrogen) atoms. The molecule has 0 atom stereocenters. The number of aryl methyl sites for hydroxylation is 2. The van der Waals surface area contributed by atoms with E-state index in [9.17, 15) is 13.2 Å². The lowest BCUT2D eigenvalue weighted by molar-refractivity contribution is 0.0949. The monoisotopic (exact) mass is 316 g/mol. The summed E-state index contributed by atoms with van der Waals surface area (Å²) in [6, 6.07) is 6.67. The van der Waals surface area contributed by atoms with Crippen LogP contribution in [0.2, 0.25) is 0 Å². The van der Waals surface area contributed by atoms with E-state index in [2.05, 4.69) is 10.3 Å². The summed E-state index contributed by atoms with van der Waals surface area (Å²) in [6.45, 7) is 3.69. The molecule has 2 N–H and O–H groups in total. The molecule has 0 aromatic carbocycles. The van der Waals surface area contributed by atoms with E-state index in [1.807, 2.05) is 13.8 Å². The third-order valence-electron chi connectivity index (χ3n) is 2.24. The molecule has 2 aromatic rings. The van der Waals surface area contributed by atoms with Gasteiger partial charge in [0.05, 0.1) is 4.88 Å². The van der Waals surface area contributed by atoms with Crippen molar-refractivity contribution in [3.8, 4) is 0 Å². The minimum Gasteiger partial charge on any atom is -0.273 e. The minimum absolute atomic E-state index is 0.174. The lowest BCUT2D eigenvalue weighted by atomic mass is 10.4. The van der Waals surface area contributed by atoms with Crippen molar-refractivity contribution in [1.29, 1.82) is 0 Å². The van der Waals surface area contributed by atoms with E-state index in [4.69, 9.17) is 0 Å². The van der Waals surface area contributed by atoms with Crippen molar-refractivity contribution in [3.63, 3.8) is 0 Å². The topological polar surface area (TPSA) is 75.3 Å². The Morgan fingerprint density at radius 1 is 1.05 bits per heavy atom. The van der Waals surface area contributed by atoms with Gasteiger partial charge in [-0.2, -0.15) is 0 Å². The molecule has 0 saturated heterocycles. The van der Waals surface area contributed by atoms with Crippen molar-refractivity contribution >= 4 is 38.6 Å². The highest BCUT2D eigenvalue weighted by molar-refractivity contribution is 7.91. The van der Waals surface area contributed by atoms with Crippen LogP contribution in [0.1, 0.15) is 19.4 Å². The molecule has 2 aromatic heterocycles. The van der Waals surface area contributed by atoms with Crippen molar-refractivity contribution in [2.24, 2.45) is 0 Å². The standard InChI is InChI=1S/C11H12N2O3S3/c1-7-3-5-9(17-7)11(14)12-13-19(15,16)10-6-4-8(2)18-10/h3-6,13H,1-2H3,(H,12,14). The van der Waals surface area contributed by atoms with E-state index in [0.29, 0.717) is 4.88 Å². The molecule has 0 radical (unpaired) electrons. The molecule has 0 aliphatic carbocycles. The second kappa shape index (κ2) is 5.41. The molecule has 0 unspecified atom stereocenters. The van der Waals surface area contributed by atoms with Gasteiger partial charge in [0.1, 0.15) is 4.21 Å². The molecular weight excluding hydrogens is 304 g/mol. The predicted octanol–water partition coefficient (Wildman–Crippen LogP) is 2.05. The first-order valence-corrected chi connectivity index (χ1v) is 8.45. The molecular formula is C11H12N2O3S3. The molecule has 102 valence electrons. The smallest absolute Gasteiger partial charge is 0.273 e. The zero-order chi connectivity index (χ0) is 14.0. The predicted molar refractivity (Wildman–Crippen MR) is 75.9 cm³/mol. The summed E-state index contributed by atoms with van der Waals surface area (Å²) in [7, 11) is -3.69. The summed E-state index contributed by atoms with van der Waals surface area (Å²) in [4.78, 5) is 16.1. The summed E-state index contributed by atoms with van der Waals surface area (Å²) < 4.78 is 23.9. The van der Waals surface area contributed by atoms with Crippen molar-refractivity contribution in [2.75, 3.05) is 0 Å². The number of nitrogens with one attached hydrogen (secondary N) is 2. The summed E-state index contributed by atoms with van der Waals surface area (Å²) in [5.41, 5.74) is 2.20. The highest BCUT2D eigenvalue weighted by atomic mass is 32.2. The Bertz CT molecular complexity index is 700. The van der Waals surface area contributed by atoms with Crippen molar-refractivity contribution in [2.45, 2.75) is 18.1 Å². The molecule has 5 nitrogen and oxygen atoms in total. The van der Waals surface area contributed by atoms with Crippen LogP contribution in [0.5, 0.6) is 0 Å². The van der Waals surface area contributed by atoms with Gasteiger partial charge in [-0.25, -0.2) is 8.42 Å². The van der Waals surface area contributed by atoms with Crippen LogP contribution in [-0.2, 0) is 10.0 Å².